The first-order valence-corrected chi connectivity index (χ1v) is 7.70. The number of carbonyl (C=O) groups excluding carboxylic acids is 2. The molecule has 0 aliphatic carbocycles. The van der Waals surface area contributed by atoms with Crippen LogP contribution in [0.1, 0.15) is 20.7 Å². The van der Waals surface area contributed by atoms with E-state index in [4.69, 9.17) is 21.8 Å². The number of benzene rings is 1. The van der Waals surface area contributed by atoms with Crippen molar-refractivity contribution in [3.8, 4) is 11.5 Å². The van der Waals surface area contributed by atoms with Crippen molar-refractivity contribution < 1.29 is 14.0 Å². The number of nitrogens with one attached hydrogen (secondary N) is 1. The molecule has 8 heteroatoms. The standard InChI is InChI=1S/C15H10ClN3O3S/c16-10-3-1-2-8(4-10)14(21)19-15-18-11(7-23-15)12-5-9(6-22-12)13(17)20/h1-7H,(H2,17,20)(H,18,19,21). The molecule has 0 aliphatic rings. The molecule has 23 heavy (non-hydrogen) atoms. The van der Waals surface area contributed by atoms with Gasteiger partial charge in [-0.25, -0.2) is 4.98 Å². The zero-order valence-corrected chi connectivity index (χ0v) is 13.1. The number of thiazole rings is 1. The van der Waals surface area contributed by atoms with E-state index >= 15 is 0 Å². The molecule has 2 amide bonds. The third kappa shape index (κ3) is 3.41. The highest BCUT2D eigenvalue weighted by atomic mass is 35.5. The molecule has 0 saturated heterocycles. The van der Waals surface area contributed by atoms with E-state index in [1.165, 1.54) is 23.7 Å². The number of furan rings is 1. The lowest BCUT2D eigenvalue weighted by atomic mass is 10.2. The molecule has 3 N–H and O–H groups in total. The molecule has 0 bridgehead atoms. The molecule has 116 valence electrons. The summed E-state index contributed by atoms with van der Waals surface area (Å²) in [4.78, 5) is 27.4. The summed E-state index contributed by atoms with van der Waals surface area (Å²) in [5.74, 6) is -0.492. The highest BCUT2D eigenvalue weighted by Gasteiger charge is 2.13. The van der Waals surface area contributed by atoms with E-state index in [9.17, 15) is 9.59 Å². The number of primary amides is 1. The van der Waals surface area contributed by atoms with Crippen LogP contribution in [0.3, 0.4) is 0 Å². The van der Waals surface area contributed by atoms with E-state index in [1.807, 2.05) is 0 Å². The van der Waals surface area contributed by atoms with Gasteiger partial charge in [-0.1, -0.05) is 17.7 Å². The van der Waals surface area contributed by atoms with Crippen LogP contribution in [0.25, 0.3) is 11.5 Å². The largest absolute Gasteiger partial charge is 0.462 e. The monoisotopic (exact) mass is 347 g/mol. The molecule has 1 aromatic carbocycles. The van der Waals surface area contributed by atoms with Crippen molar-refractivity contribution in [1.82, 2.24) is 4.98 Å². The van der Waals surface area contributed by atoms with Crippen LogP contribution in [0, 0.1) is 0 Å². The number of aromatic nitrogens is 1. The van der Waals surface area contributed by atoms with Crippen LogP contribution < -0.4 is 11.1 Å². The molecule has 0 aliphatic heterocycles. The van der Waals surface area contributed by atoms with Crippen LogP contribution >= 0.6 is 22.9 Å². The van der Waals surface area contributed by atoms with Crippen molar-refractivity contribution in [2.24, 2.45) is 5.73 Å². The van der Waals surface area contributed by atoms with Gasteiger partial charge in [0, 0.05) is 16.0 Å². The van der Waals surface area contributed by atoms with Gasteiger partial charge in [0.2, 0.25) is 0 Å². The summed E-state index contributed by atoms with van der Waals surface area (Å²) in [6.07, 6.45) is 1.27. The molecule has 3 rings (SSSR count). The number of halogens is 1. The highest BCUT2D eigenvalue weighted by molar-refractivity contribution is 7.14. The van der Waals surface area contributed by atoms with Crippen LogP contribution in [0.4, 0.5) is 5.13 Å². The normalized spacial score (nSPS) is 10.5. The Morgan fingerprint density at radius 1 is 1.26 bits per heavy atom. The number of carbonyl (C=O) groups is 2. The third-order valence-electron chi connectivity index (χ3n) is 2.95. The van der Waals surface area contributed by atoms with Crippen molar-refractivity contribution in [2.75, 3.05) is 5.32 Å². The minimum atomic E-state index is -0.579. The number of amides is 2. The number of nitrogens with two attached hydrogens (primary N) is 1. The van der Waals surface area contributed by atoms with E-state index < -0.39 is 5.91 Å². The van der Waals surface area contributed by atoms with Gasteiger partial charge in [0.15, 0.2) is 10.9 Å². The maximum absolute atomic E-state index is 12.1. The minimum absolute atomic E-state index is 0.262. The van der Waals surface area contributed by atoms with Gasteiger partial charge in [0.05, 0.1) is 5.56 Å². The Morgan fingerprint density at radius 2 is 2.09 bits per heavy atom. The van der Waals surface area contributed by atoms with Crippen LogP contribution in [0.2, 0.25) is 5.02 Å². The van der Waals surface area contributed by atoms with Gasteiger partial charge >= 0.3 is 0 Å². The van der Waals surface area contributed by atoms with Gasteiger partial charge in [-0.3, -0.25) is 14.9 Å². The zero-order chi connectivity index (χ0) is 16.4. The predicted molar refractivity (Wildman–Crippen MR) is 87.7 cm³/mol. The average molecular weight is 348 g/mol. The average Bonchev–Trinajstić information content (AvgIpc) is 3.15. The fourth-order valence-electron chi connectivity index (χ4n) is 1.84. The molecule has 2 heterocycles. The summed E-state index contributed by atoms with van der Waals surface area (Å²) >= 11 is 7.10. The van der Waals surface area contributed by atoms with E-state index in [0.29, 0.717) is 27.2 Å². The lowest BCUT2D eigenvalue weighted by Crippen LogP contribution is -2.11. The highest BCUT2D eigenvalue weighted by Crippen LogP contribution is 2.27. The molecule has 0 saturated carbocycles. The summed E-state index contributed by atoms with van der Waals surface area (Å²) in [6.45, 7) is 0. The van der Waals surface area contributed by atoms with Crippen molar-refractivity contribution >= 4 is 39.9 Å². The molecule has 0 unspecified atom stereocenters. The summed E-state index contributed by atoms with van der Waals surface area (Å²) in [5.41, 5.74) is 6.37. The fourth-order valence-corrected chi connectivity index (χ4v) is 2.73. The zero-order valence-electron chi connectivity index (χ0n) is 11.6. The van der Waals surface area contributed by atoms with E-state index in [0.717, 1.165) is 0 Å². The number of anilines is 1. The van der Waals surface area contributed by atoms with Crippen LogP contribution in [-0.4, -0.2) is 16.8 Å². The van der Waals surface area contributed by atoms with Crippen LogP contribution in [0.15, 0.2) is 46.4 Å². The number of rotatable bonds is 4. The smallest absolute Gasteiger partial charge is 0.257 e. The summed E-state index contributed by atoms with van der Waals surface area (Å²) in [6, 6.07) is 8.10. The van der Waals surface area contributed by atoms with Gasteiger partial charge < -0.3 is 10.2 Å². The first kappa shape index (κ1) is 15.3. The maximum atomic E-state index is 12.1. The lowest BCUT2D eigenvalue weighted by molar-refractivity contribution is 0.0997. The van der Waals surface area contributed by atoms with Crippen molar-refractivity contribution in [3.63, 3.8) is 0 Å². The lowest BCUT2D eigenvalue weighted by Gasteiger charge is -2.01. The van der Waals surface area contributed by atoms with Gasteiger partial charge in [-0.15, -0.1) is 11.3 Å². The number of nitrogens with zero attached hydrogens (tertiary/aromatic N) is 1. The Kier molecular flexibility index (Phi) is 4.14. The fraction of sp³-hybridized carbons (Fsp3) is 0. The van der Waals surface area contributed by atoms with E-state index in [2.05, 4.69) is 10.3 Å². The van der Waals surface area contributed by atoms with Crippen molar-refractivity contribution in [3.05, 3.63) is 58.1 Å². The summed E-state index contributed by atoms with van der Waals surface area (Å²) in [5, 5.41) is 5.27. The second-order valence-electron chi connectivity index (χ2n) is 4.57. The van der Waals surface area contributed by atoms with Crippen LogP contribution in [-0.2, 0) is 0 Å². The molecule has 0 atom stereocenters. The molecule has 2 aromatic heterocycles. The number of hydrogen-bond acceptors (Lipinski definition) is 5. The van der Waals surface area contributed by atoms with Crippen molar-refractivity contribution in [1.29, 1.82) is 0 Å². The first-order chi connectivity index (χ1) is 11.0. The van der Waals surface area contributed by atoms with Crippen molar-refractivity contribution in [2.45, 2.75) is 0 Å². The Labute approximate surface area is 139 Å². The molecule has 3 aromatic rings. The van der Waals surface area contributed by atoms with Gasteiger partial charge in [0.25, 0.3) is 11.8 Å². The van der Waals surface area contributed by atoms with E-state index in [-0.39, 0.29) is 11.5 Å². The Balaban J connectivity index is 1.76. The Bertz CT molecular complexity index is 887. The Hall–Kier alpha value is -2.64. The second kappa shape index (κ2) is 6.23. The van der Waals surface area contributed by atoms with E-state index in [1.54, 1.807) is 29.6 Å². The first-order valence-electron chi connectivity index (χ1n) is 6.44. The molecule has 6 nitrogen and oxygen atoms in total. The number of hydrogen-bond donors (Lipinski definition) is 2. The minimum Gasteiger partial charge on any atom is -0.462 e. The topological polar surface area (TPSA) is 98.2 Å². The molecular formula is C15H10ClN3O3S. The molecule has 0 spiro atoms. The SMILES string of the molecule is NC(=O)c1coc(-c2csc(NC(=O)c3cccc(Cl)c3)n2)c1. The molecule has 0 fully saturated rings. The summed E-state index contributed by atoms with van der Waals surface area (Å²) < 4.78 is 5.24. The third-order valence-corrected chi connectivity index (χ3v) is 3.94. The Morgan fingerprint density at radius 3 is 2.78 bits per heavy atom. The predicted octanol–water partition coefficient (Wildman–Crippen LogP) is 3.41. The maximum Gasteiger partial charge on any atom is 0.257 e. The second-order valence-corrected chi connectivity index (χ2v) is 5.86. The van der Waals surface area contributed by atoms with Gasteiger partial charge in [-0.2, -0.15) is 0 Å². The quantitative estimate of drug-likeness (QED) is 0.755. The van der Waals surface area contributed by atoms with Gasteiger partial charge in [0.1, 0.15) is 12.0 Å². The molecular weight excluding hydrogens is 338 g/mol. The van der Waals surface area contributed by atoms with Crippen LogP contribution in [0.5, 0.6) is 0 Å². The van der Waals surface area contributed by atoms with Gasteiger partial charge in [-0.05, 0) is 24.3 Å². The summed E-state index contributed by atoms with van der Waals surface area (Å²) in [7, 11) is 0. The molecule has 0 radical (unpaired) electrons.